The maximum Gasteiger partial charge on any atom is 0.306 e. The molecule has 1 heterocycles. The van der Waals surface area contributed by atoms with Gasteiger partial charge in [0.1, 0.15) is 31.0 Å². The fourth-order valence-corrected chi connectivity index (χ4v) is 6.74. The Morgan fingerprint density at radius 3 is 1.51 bits per heavy atom. The molecule has 6 atom stereocenters. The molecule has 10 heteroatoms. The van der Waals surface area contributed by atoms with Crippen LogP contribution in [0.5, 0.6) is 0 Å². The SMILES string of the molecule is CC/C=C/C/C=C/C/C=C/C/C=C/C/C=C/CCCCCC(=O)O[C@H](COC(=O)CCCCCCCCCCCCCCCCC)CO[C@@H]1O[C@H](CO)[C@H](O)C(O)C1O. The summed E-state index contributed by atoms with van der Waals surface area (Å²) in [5, 5.41) is 40.1. The number of hydrogen-bond donors (Lipinski definition) is 4. The number of carbonyl (C=O) groups is 2. The van der Waals surface area contributed by atoms with E-state index in [2.05, 4.69) is 74.6 Å². The summed E-state index contributed by atoms with van der Waals surface area (Å²) in [6.45, 7) is 3.28. The zero-order valence-electron chi connectivity index (χ0n) is 37.0. The van der Waals surface area contributed by atoms with Gasteiger partial charge in [-0.3, -0.25) is 9.59 Å². The molecule has 0 radical (unpaired) electrons. The van der Waals surface area contributed by atoms with Crippen molar-refractivity contribution in [3.63, 3.8) is 0 Å². The van der Waals surface area contributed by atoms with Crippen molar-refractivity contribution < 1.29 is 49.0 Å². The lowest BCUT2D eigenvalue weighted by Gasteiger charge is -2.39. The van der Waals surface area contributed by atoms with E-state index in [-0.39, 0.29) is 32.0 Å². The molecular formula is C49H84O10. The summed E-state index contributed by atoms with van der Waals surface area (Å²) in [5.41, 5.74) is 0. The molecule has 1 fully saturated rings. The van der Waals surface area contributed by atoms with Crippen molar-refractivity contribution in [3.8, 4) is 0 Å². The van der Waals surface area contributed by atoms with Crippen LogP contribution in [0.15, 0.2) is 60.8 Å². The first-order valence-electron chi connectivity index (χ1n) is 23.4. The molecular weight excluding hydrogens is 749 g/mol. The number of allylic oxidation sites excluding steroid dienone is 10. The number of rotatable bonds is 38. The number of aliphatic hydroxyl groups excluding tert-OH is 4. The average molecular weight is 833 g/mol. The fraction of sp³-hybridized carbons (Fsp3) is 0.755. The third-order valence-electron chi connectivity index (χ3n) is 10.4. The van der Waals surface area contributed by atoms with Crippen LogP contribution in [0.25, 0.3) is 0 Å². The van der Waals surface area contributed by atoms with E-state index in [4.69, 9.17) is 18.9 Å². The van der Waals surface area contributed by atoms with Crippen LogP contribution < -0.4 is 0 Å². The number of aliphatic hydroxyl groups is 4. The van der Waals surface area contributed by atoms with Gasteiger partial charge in [0.25, 0.3) is 0 Å². The molecule has 10 nitrogen and oxygen atoms in total. The van der Waals surface area contributed by atoms with E-state index >= 15 is 0 Å². The lowest BCUT2D eigenvalue weighted by Crippen LogP contribution is -2.59. The van der Waals surface area contributed by atoms with Gasteiger partial charge in [0.05, 0.1) is 13.2 Å². The zero-order valence-corrected chi connectivity index (χ0v) is 37.0. The quantitative estimate of drug-likeness (QED) is 0.0269. The highest BCUT2D eigenvalue weighted by Crippen LogP contribution is 2.22. The molecule has 0 aliphatic carbocycles. The van der Waals surface area contributed by atoms with Crippen LogP contribution in [0.2, 0.25) is 0 Å². The van der Waals surface area contributed by atoms with Crippen LogP contribution in [0.4, 0.5) is 0 Å². The van der Waals surface area contributed by atoms with Crippen molar-refractivity contribution in [2.24, 2.45) is 0 Å². The van der Waals surface area contributed by atoms with Crippen LogP contribution in [-0.4, -0.2) is 89.0 Å². The van der Waals surface area contributed by atoms with Crippen molar-refractivity contribution in [3.05, 3.63) is 60.8 Å². The topological polar surface area (TPSA) is 152 Å². The van der Waals surface area contributed by atoms with Crippen molar-refractivity contribution in [2.45, 2.75) is 218 Å². The molecule has 340 valence electrons. The van der Waals surface area contributed by atoms with Gasteiger partial charge >= 0.3 is 11.9 Å². The van der Waals surface area contributed by atoms with Gasteiger partial charge < -0.3 is 39.4 Å². The molecule has 0 saturated carbocycles. The van der Waals surface area contributed by atoms with Gasteiger partial charge in [-0.05, 0) is 57.8 Å². The highest BCUT2D eigenvalue weighted by atomic mass is 16.7. The first-order valence-corrected chi connectivity index (χ1v) is 23.4. The van der Waals surface area contributed by atoms with Crippen LogP contribution in [0, 0.1) is 0 Å². The van der Waals surface area contributed by atoms with Gasteiger partial charge in [-0.1, -0.05) is 171 Å². The number of hydrogen-bond acceptors (Lipinski definition) is 10. The van der Waals surface area contributed by atoms with Crippen molar-refractivity contribution in [1.82, 2.24) is 0 Å². The second-order valence-electron chi connectivity index (χ2n) is 15.8. The number of carbonyl (C=O) groups excluding carboxylic acids is 2. The minimum atomic E-state index is -1.60. The van der Waals surface area contributed by atoms with Crippen molar-refractivity contribution in [2.75, 3.05) is 19.8 Å². The molecule has 0 bridgehead atoms. The van der Waals surface area contributed by atoms with Gasteiger partial charge in [-0.2, -0.15) is 0 Å². The summed E-state index contributed by atoms with van der Waals surface area (Å²) in [4.78, 5) is 25.4. The second kappa shape index (κ2) is 39.5. The minimum Gasteiger partial charge on any atom is -0.462 e. The first-order chi connectivity index (χ1) is 28.8. The van der Waals surface area contributed by atoms with E-state index in [9.17, 15) is 30.0 Å². The first kappa shape index (κ1) is 54.4. The molecule has 0 amide bonds. The summed E-state index contributed by atoms with van der Waals surface area (Å²) in [6, 6.07) is 0. The van der Waals surface area contributed by atoms with Crippen LogP contribution in [0.3, 0.4) is 0 Å². The largest absolute Gasteiger partial charge is 0.462 e. The van der Waals surface area contributed by atoms with E-state index in [1.165, 1.54) is 77.0 Å². The third-order valence-corrected chi connectivity index (χ3v) is 10.4. The molecule has 59 heavy (non-hydrogen) atoms. The van der Waals surface area contributed by atoms with E-state index in [0.29, 0.717) is 6.42 Å². The van der Waals surface area contributed by atoms with Gasteiger partial charge in [0, 0.05) is 12.8 Å². The molecule has 0 aromatic carbocycles. The number of unbranched alkanes of at least 4 members (excludes halogenated alkanes) is 17. The summed E-state index contributed by atoms with van der Waals surface area (Å²) < 4.78 is 22.2. The molecule has 0 spiro atoms. The monoisotopic (exact) mass is 833 g/mol. The Balaban J connectivity index is 2.35. The van der Waals surface area contributed by atoms with Gasteiger partial charge in [-0.15, -0.1) is 0 Å². The van der Waals surface area contributed by atoms with Crippen molar-refractivity contribution >= 4 is 11.9 Å². The van der Waals surface area contributed by atoms with Crippen LogP contribution in [-0.2, 0) is 28.5 Å². The van der Waals surface area contributed by atoms with Crippen molar-refractivity contribution in [1.29, 1.82) is 0 Å². The standard InChI is InChI=1S/C49H84O10/c1-3-5-7-9-11-13-15-17-19-20-21-22-24-26-28-30-32-34-36-38-45(52)58-42(41-57-49-48(55)47(54)46(53)43(39-50)59-49)40-56-44(51)37-35-33-31-29-27-25-23-18-16-14-12-10-8-6-4-2/h5,7,11,13,17,19,21-22,26,28,42-43,46-50,53-55H,3-4,6,8-10,12,14-16,18,20,23-25,27,29-41H2,1-2H3/b7-5+,13-11+,19-17+,22-21+,28-26+/t42-,43-,46+,47?,48?,49-/m1/s1. The Morgan fingerprint density at radius 2 is 1.00 bits per heavy atom. The minimum absolute atomic E-state index is 0.190. The fourth-order valence-electron chi connectivity index (χ4n) is 6.74. The zero-order chi connectivity index (χ0) is 43.0. The Morgan fingerprint density at radius 1 is 0.542 bits per heavy atom. The Bertz CT molecular complexity index is 1150. The number of esters is 2. The molecule has 1 aliphatic rings. The average Bonchev–Trinajstić information content (AvgIpc) is 3.23. The summed E-state index contributed by atoms with van der Waals surface area (Å²) >= 11 is 0. The van der Waals surface area contributed by atoms with Crippen LogP contribution in [0.1, 0.15) is 181 Å². The maximum atomic E-state index is 12.8. The lowest BCUT2D eigenvalue weighted by atomic mass is 9.99. The van der Waals surface area contributed by atoms with E-state index in [1.807, 2.05) is 0 Å². The molecule has 0 aromatic heterocycles. The van der Waals surface area contributed by atoms with E-state index in [0.717, 1.165) is 70.6 Å². The second-order valence-corrected chi connectivity index (χ2v) is 15.8. The molecule has 4 N–H and O–H groups in total. The third kappa shape index (κ3) is 31.0. The Hall–Kier alpha value is -2.60. The van der Waals surface area contributed by atoms with E-state index in [1.54, 1.807) is 0 Å². The summed E-state index contributed by atoms with van der Waals surface area (Å²) in [6.07, 6.45) is 40.8. The molecule has 1 saturated heterocycles. The summed E-state index contributed by atoms with van der Waals surface area (Å²) in [7, 11) is 0. The van der Waals surface area contributed by atoms with E-state index < -0.39 is 49.4 Å². The predicted octanol–water partition coefficient (Wildman–Crippen LogP) is 10.2. The highest BCUT2D eigenvalue weighted by molar-refractivity contribution is 5.70. The normalized spacial score (nSPS) is 20.5. The molecule has 2 unspecified atom stereocenters. The Kier molecular flexibility index (Phi) is 36.5. The predicted molar refractivity (Wildman–Crippen MR) is 238 cm³/mol. The van der Waals surface area contributed by atoms with Gasteiger partial charge in [0.2, 0.25) is 0 Å². The smallest absolute Gasteiger partial charge is 0.306 e. The molecule has 1 rings (SSSR count). The lowest BCUT2D eigenvalue weighted by molar-refractivity contribution is -0.305. The highest BCUT2D eigenvalue weighted by Gasteiger charge is 2.44. The summed E-state index contributed by atoms with van der Waals surface area (Å²) in [5.74, 6) is -0.843. The van der Waals surface area contributed by atoms with Crippen LogP contribution >= 0.6 is 0 Å². The maximum absolute atomic E-state index is 12.8. The van der Waals surface area contributed by atoms with Gasteiger partial charge in [0.15, 0.2) is 12.4 Å². The van der Waals surface area contributed by atoms with Gasteiger partial charge in [-0.25, -0.2) is 0 Å². The Labute approximate surface area is 358 Å². The molecule has 1 aliphatic heterocycles. The number of ether oxygens (including phenoxy) is 4. The molecule has 0 aromatic rings.